The number of hydrogen-bond donors (Lipinski definition) is 3. The Bertz CT molecular complexity index is 903. The van der Waals surface area contributed by atoms with Crippen LogP contribution >= 0.6 is 15.9 Å². The van der Waals surface area contributed by atoms with Crippen molar-refractivity contribution in [3.05, 3.63) is 64.8 Å². The van der Waals surface area contributed by atoms with Gasteiger partial charge in [-0.2, -0.15) is 5.10 Å². The number of hydrazone groups is 1. The van der Waals surface area contributed by atoms with Gasteiger partial charge >= 0.3 is 0 Å². The number of anilines is 1. The lowest BCUT2D eigenvalue weighted by atomic mass is 10.2. The van der Waals surface area contributed by atoms with Gasteiger partial charge in [0, 0.05) is 32.8 Å². The van der Waals surface area contributed by atoms with Crippen molar-refractivity contribution in [1.29, 1.82) is 0 Å². The molecule has 25 heavy (non-hydrogen) atoms. The van der Waals surface area contributed by atoms with E-state index in [1.54, 1.807) is 6.21 Å². The Balaban J connectivity index is 1.64. The van der Waals surface area contributed by atoms with Gasteiger partial charge in [-0.15, -0.1) is 0 Å². The normalized spacial score (nSPS) is 12.4. The predicted molar refractivity (Wildman–Crippen MR) is 106 cm³/mol. The van der Waals surface area contributed by atoms with Crippen LogP contribution in [-0.2, 0) is 4.79 Å². The summed E-state index contributed by atoms with van der Waals surface area (Å²) in [6.07, 6.45) is 4.18. The third-order valence-electron chi connectivity index (χ3n) is 3.89. The van der Waals surface area contributed by atoms with E-state index in [-0.39, 0.29) is 11.9 Å². The lowest BCUT2D eigenvalue weighted by Gasteiger charge is -2.16. The molecule has 0 aliphatic carbocycles. The molecule has 3 aromatic rings. The first-order valence-electron chi connectivity index (χ1n) is 8.08. The zero-order valence-electron chi connectivity index (χ0n) is 13.8. The van der Waals surface area contributed by atoms with Gasteiger partial charge in [0.25, 0.3) is 5.91 Å². The molecule has 0 spiro atoms. The Morgan fingerprint density at radius 2 is 2.12 bits per heavy atom. The molecule has 128 valence electrons. The Hall–Kier alpha value is -2.60. The molecule has 3 rings (SSSR count). The minimum Gasteiger partial charge on any atom is -0.374 e. The molecule has 0 fully saturated rings. The molecule has 0 unspecified atom stereocenters. The van der Waals surface area contributed by atoms with Crippen LogP contribution in [0, 0.1) is 0 Å². The number of para-hydroxylation sites is 1. The van der Waals surface area contributed by atoms with Gasteiger partial charge in [0.05, 0.1) is 6.21 Å². The second-order valence-corrected chi connectivity index (χ2v) is 6.56. The molecule has 0 radical (unpaired) electrons. The minimum absolute atomic E-state index is 0.168. The molecule has 1 amide bonds. The average molecular weight is 399 g/mol. The number of rotatable bonds is 6. The zero-order valence-corrected chi connectivity index (χ0v) is 15.4. The van der Waals surface area contributed by atoms with Crippen LogP contribution in [0.1, 0.15) is 18.9 Å². The highest BCUT2D eigenvalue weighted by molar-refractivity contribution is 9.10. The van der Waals surface area contributed by atoms with E-state index in [2.05, 4.69) is 36.8 Å². The van der Waals surface area contributed by atoms with E-state index in [0.717, 1.165) is 26.6 Å². The SMILES string of the molecule is CC[C@@H](Nc1cccc(Br)c1)C(=O)N/N=C/c1c[nH]c2ccccc12. The number of nitrogens with zero attached hydrogens (tertiary/aromatic N) is 1. The Labute approximate surface area is 154 Å². The molecule has 0 saturated carbocycles. The minimum atomic E-state index is -0.352. The average Bonchev–Trinajstić information content (AvgIpc) is 3.03. The summed E-state index contributed by atoms with van der Waals surface area (Å²) >= 11 is 3.43. The maximum absolute atomic E-state index is 12.3. The first-order valence-corrected chi connectivity index (χ1v) is 8.88. The standard InChI is InChI=1S/C19H19BrN4O/c1-2-17(23-15-7-5-6-14(20)10-15)19(25)24-22-12-13-11-21-18-9-4-3-8-16(13)18/h3-12,17,21,23H,2H2,1H3,(H,24,25)/b22-12+/t17-/m1/s1. The van der Waals surface area contributed by atoms with Crippen LogP contribution in [0.15, 0.2) is 64.3 Å². The van der Waals surface area contributed by atoms with E-state index in [9.17, 15) is 4.79 Å². The maximum atomic E-state index is 12.3. The van der Waals surface area contributed by atoms with Gasteiger partial charge in [-0.1, -0.05) is 47.1 Å². The van der Waals surface area contributed by atoms with E-state index in [0.29, 0.717) is 6.42 Å². The lowest BCUT2D eigenvalue weighted by Crippen LogP contribution is -2.36. The molecule has 2 aromatic carbocycles. The number of amides is 1. The summed E-state index contributed by atoms with van der Waals surface area (Å²) in [7, 11) is 0. The summed E-state index contributed by atoms with van der Waals surface area (Å²) in [5, 5.41) is 8.39. The van der Waals surface area contributed by atoms with Gasteiger partial charge < -0.3 is 10.3 Å². The number of benzene rings is 2. The van der Waals surface area contributed by atoms with Crippen molar-refractivity contribution >= 4 is 44.6 Å². The molecule has 6 heteroatoms. The second-order valence-electron chi connectivity index (χ2n) is 5.64. The number of hydrogen-bond acceptors (Lipinski definition) is 3. The monoisotopic (exact) mass is 398 g/mol. The molecule has 0 bridgehead atoms. The van der Waals surface area contributed by atoms with Crippen molar-refractivity contribution in [1.82, 2.24) is 10.4 Å². The van der Waals surface area contributed by atoms with Crippen molar-refractivity contribution in [2.75, 3.05) is 5.32 Å². The molecule has 1 heterocycles. The van der Waals surface area contributed by atoms with Crippen molar-refractivity contribution in [2.24, 2.45) is 5.10 Å². The summed E-state index contributed by atoms with van der Waals surface area (Å²) in [5.41, 5.74) is 5.47. The third-order valence-corrected chi connectivity index (χ3v) is 4.38. The number of aromatic amines is 1. The number of fused-ring (bicyclic) bond motifs is 1. The Morgan fingerprint density at radius 1 is 1.28 bits per heavy atom. The number of carbonyl (C=O) groups is 1. The van der Waals surface area contributed by atoms with Crippen LogP contribution in [0.5, 0.6) is 0 Å². The fourth-order valence-electron chi connectivity index (χ4n) is 2.58. The van der Waals surface area contributed by atoms with Gasteiger partial charge in [-0.3, -0.25) is 4.79 Å². The first-order chi connectivity index (χ1) is 12.2. The number of halogens is 1. The van der Waals surface area contributed by atoms with Gasteiger partial charge in [0.1, 0.15) is 6.04 Å². The Morgan fingerprint density at radius 3 is 2.92 bits per heavy atom. The van der Waals surface area contributed by atoms with Crippen LogP contribution in [-0.4, -0.2) is 23.1 Å². The Kier molecular flexibility index (Phi) is 5.50. The van der Waals surface area contributed by atoms with E-state index in [4.69, 9.17) is 0 Å². The summed E-state index contributed by atoms with van der Waals surface area (Å²) in [6.45, 7) is 1.96. The summed E-state index contributed by atoms with van der Waals surface area (Å²) in [4.78, 5) is 15.5. The fraction of sp³-hybridized carbons (Fsp3) is 0.158. The first kappa shape index (κ1) is 17.2. The van der Waals surface area contributed by atoms with Crippen molar-refractivity contribution in [3.63, 3.8) is 0 Å². The van der Waals surface area contributed by atoms with Crippen LogP contribution in [0.2, 0.25) is 0 Å². The van der Waals surface area contributed by atoms with Crippen molar-refractivity contribution in [3.8, 4) is 0 Å². The van der Waals surface area contributed by atoms with E-state index in [1.165, 1.54) is 0 Å². The van der Waals surface area contributed by atoms with Crippen LogP contribution in [0.4, 0.5) is 5.69 Å². The van der Waals surface area contributed by atoms with Crippen molar-refractivity contribution in [2.45, 2.75) is 19.4 Å². The number of carbonyl (C=O) groups excluding carboxylic acids is 1. The van der Waals surface area contributed by atoms with Gasteiger partial charge in [-0.05, 0) is 30.7 Å². The second kappa shape index (κ2) is 7.98. The zero-order chi connectivity index (χ0) is 17.6. The molecule has 3 N–H and O–H groups in total. The van der Waals surface area contributed by atoms with E-state index in [1.807, 2.05) is 61.7 Å². The lowest BCUT2D eigenvalue weighted by molar-refractivity contribution is -0.121. The highest BCUT2D eigenvalue weighted by Crippen LogP contribution is 2.17. The predicted octanol–water partition coefficient (Wildman–Crippen LogP) is 4.27. The quantitative estimate of drug-likeness (QED) is 0.428. The molecule has 0 saturated heterocycles. The highest BCUT2D eigenvalue weighted by atomic mass is 79.9. The molecule has 0 aliphatic heterocycles. The summed E-state index contributed by atoms with van der Waals surface area (Å²) in [6, 6.07) is 15.3. The molecule has 5 nitrogen and oxygen atoms in total. The number of nitrogens with one attached hydrogen (secondary N) is 3. The fourth-order valence-corrected chi connectivity index (χ4v) is 2.98. The van der Waals surface area contributed by atoms with Gasteiger partial charge in [0.2, 0.25) is 0 Å². The third kappa shape index (κ3) is 4.28. The molecule has 1 aromatic heterocycles. The van der Waals surface area contributed by atoms with Gasteiger partial charge in [-0.25, -0.2) is 5.43 Å². The van der Waals surface area contributed by atoms with Gasteiger partial charge in [0.15, 0.2) is 0 Å². The van der Waals surface area contributed by atoms with Crippen molar-refractivity contribution < 1.29 is 4.79 Å². The van der Waals surface area contributed by atoms with Crippen LogP contribution in [0.3, 0.4) is 0 Å². The van der Waals surface area contributed by atoms with Crippen LogP contribution in [0.25, 0.3) is 10.9 Å². The number of aromatic nitrogens is 1. The summed E-state index contributed by atoms with van der Waals surface area (Å²) < 4.78 is 0.963. The summed E-state index contributed by atoms with van der Waals surface area (Å²) in [5.74, 6) is -0.168. The maximum Gasteiger partial charge on any atom is 0.262 e. The van der Waals surface area contributed by atoms with E-state index >= 15 is 0 Å². The molecular formula is C19H19BrN4O. The topological polar surface area (TPSA) is 69.3 Å². The van der Waals surface area contributed by atoms with Crippen LogP contribution < -0.4 is 10.7 Å². The smallest absolute Gasteiger partial charge is 0.262 e. The highest BCUT2D eigenvalue weighted by Gasteiger charge is 2.15. The molecule has 0 aliphatic rings. The molecular weight excluding hydrogens is 380 g/mol. The largest absolute Gasteiger partial charge is 0.374 e. The number of H-pyrrole nitrogens is 1. The molecule has 1 atom stereocenters. The van der Waals surface area contributed by atoms with E-state index < -0.39 is 0 Å².